The minimum absolute atomic E-state index is 0.127. The van der Waals surface area contributed by atoms with E-state index in [4.69, 9.17) is 19.4 Å². The molecule has 3 aliphatic rings. The molecule has 12 heteroatoms. The Morgan fingerprint density at radius 1 is 0.643 bits per heavy atom. The lowest BCUT2D eigenvalue weighted by Gasteiger charge is -2.37. The number of carbonyl (C=O) groups is 2. The summed E-state index contributed by atoms with van der Waals surface area (Å²) in [7, 11) is 0. The van der Waals surface area contributed by atoms with Gasteiger partial charge in [0.2, 0.25) is 11.6 Å². The van der Waals surface area contributed by atoms with E-state index in [1.807, 2.05) is 0 Å². The van der Waals surface area contributed by atoms with Crippen molar-refractivity contribution in [1.82, 2.24) is 19.9 Å². The Balaban J connectivity index is 1.25. The Kier molecular flexibility index (Phi) is 7.43. The summed E-state index contributed by atoms with van der Waals surface area (Å²) in [6, 6.07) is 0. The molecule has 1 fully saturated rings. The molecule has 0 spiro atoms. The third kappa shape index (κ3) is 4.78. The van der Waals surface area contributed by atoms with Crippen LogP contribution in [0.3, 0.4) is 0 Å². The molecule has 2 aliphatic carbocycles. The highest BCUT2D eigenvalue weighted by molar-refractivity contribution is 7.19. The summed E-state index contributed by atoms with van der Waals surface area (Å²) >= 11 is 3.39. The number of esters is 2. The summed E-state index contributed by atoms with van der Waals surface area (Å²) < 4.78 is 10.6. The number of carbonyl (C=O) groups excluding carboxylic acids is 2. The zero-order valence-electron chi connectivity index (χ0n) is 24.0. The Morgan fingerprint density at radius 3 is 1.45 bits per heavy atom. The molecule has 4 aromatic heterocycles. The quantitative estimate of drug-likeness (QED) is 0.274. The highest BCUT2D eigenvalue weighted by Gasteiger charge is 2.31. The van der Waals surface area contributed by atoms with Crippen molar-refractivity contribution >= 4 is 66.7 Å². The summed E-state index contributed by atoms with van der Waals surface area (Å²) in [5.41, 5.74) is 2.69. The van der Waals surface area contributed by atoms with Crippen LogP contribution in [0.2, 0.25) is 0 Å². The van der Waals surface area contributed by atoms with Gasteiger partial charge in [-0.2, -0.15) is 0 Å². The molecule has 0 amide bonds. The van der Waals surface area contributed by atoms with Crippen LogP contribution in [0.5, 0.6) is 0 Å². The summed E-state index contributed by atoms with van der Waals surface area (Å²) in [4.78, 5) is 53.5. The van der Waals surface area contributed by atoms with Crippen molar-refractivity contribution in [3.05, 3.63) is 32.5 Å². The van der Waals surface area contributed by atoms with Gasteiger partial charge >= 0.3 is 11.9 Å². The number of hydrogen-bond acceptors (Lipinski definition) is 12. The molecule has 0 radical (unpaired) electrons. The first-order chi connectivity index (χ1) is 20.6. The molecule has 0 aromatic carbocycles. The third-order valence-electron chi connectivity index (χ3n) is 8.39. The van der Waals surface area contributed by atoms with E-state index in [2.05, 4.69) is 19.8 Å². The zero-order chi connectivity index (χ0) is 28.8. The maximum atomic E-state index is 12.7. The van der Waals surface area contributed by atoms with Gasteiger partial charge in [0.25, 0.3) is 0 Å². The monoisotopic (exact) mass is 606 g/mol. The highest BCUT2D eigenvalue weighted by Crippen LogP contribution is 2.42. The van der Waals surface area contributed by atoms with Crippen molar-refractivity contribution in [2.75, 3.05) is 49.2 Å². The number of rotatable bonds is 6. The van der Waals surface area contributed by atoms with Crippen molar-refractivity contribution in [1.29, 1.82) is 0 Å². The van der Waals surface area contributed by atoms with E-state index in [-0.39, 0.29) is 24.9 Å². The lowest BCUT2D eigenvalue weighted by Crippen LogP contribution is -2.47. The second kappa shape index (κ2) is 11.4. The van der Waals surface area contributed by atoms with Crippen LogP contribution < -0.4 is 9.80 Å². The van der Waals surface area contributed by atoms with Crippen LogP contribution in [0.15, 0.2) is 0 Å². The summed E-state index contributed by atoms with van der Waals surface area (Å²) in [6.45, 7) is 6.95. The molecule has 0 bridgehead atoms. The first-order valence-corrected chi connectivity index (χ1v) is 16.7. The van der Waals surface area contributed by atoms with Crippen molar-refractivity contribution in [3.8, 4) is 0 Å². The van der Waals surface area contributed by atoms with Crippen molar-refractivity contribution in [2.45, 2.75) is 65.2 Å². The van der Waals surface area contributed by atoms with Crippen LogP contribution in [0.1, 0.15) is 81.6 Å². The Bertz CT molecular complexity index is 1570. The average Bonchev–Trinajstić information content (AvgIpc) is 3.59. The molecule has 10 nitrogen and oxygen atoms in total. The number of piperazine rings is 1. The van der Waals surface area contributed by atoms with Crippen LogP contribution >= 0.6 is 22.7 Å². The normalized spacial score (nSPS) is 16.9. The Hall–Kier alpha value is -3.38. The molecular formula is C30H34N6O4S2. The Labute approximate surface area is 252 Å². The minimum Gasteiger partial charge on any atom is -0.460 e. The molecule has 1 aliphatic heterocycles. The summed E-state index contributed by atoms with van der Waals surface area (Å²) in [6.07, 6.45) is 8.81. The molecule has 1 saturated heterocycles. The fourth-order valence-corrected chi connectivity index (χ4v) is 8.95. The van der Waals surface area contributed by atoms with Gasteiger partial charge in [-0.05, 0) is 76.3 Å². The van der Waals surface area contributed by atoms with E-state index >= 15 is 0 Å². The minimum atomic E-state index is -0.484. The van der Waals surface area contributed by atoms with Crippen LogP contribution in [-0.2, 0) is 35.2 Å². The lowest BCUT2D eigenvalue weighted by molar-refractivity contribution is 0.0503. The maximum absolute atomic E-state index is 12.7. The molecule has 0 atom stereocenters. The van der Waals surface area contributed by atoms with Gasteiger partial charge < -0.3 is 19.3 Å². The molecule has 42 heavy (non-hydrogen) atoms. The van der Waals surface area contributed by atoms with Gasteiger partial charge in [-0.15, -0.1) is 22.7 Å². The molecular weight excluding hydrogens is 573 g/mol. The number of aromatic nitrogens is 4. The number of aryl methyl sites for hydroxylation is 4. The number of nitrogens with zero attached hydrogens (tertiary/aromatic N) is 6. The van der Waals surface area contributed by atoms with E-state index in [1.165, 1.54) is 33.7 Å². The molecule has 0 N–H and O–H groups in total. The molecule has 0 unspecified atom stereocenters. The van der Waals surface area contributed by atoms with Crippen LogP contribution in [0.4, 0.5) is 11.6 Å². The maximum Gasteiger partial charge on any atom is 0.376 e. The van der Waals surface area contributed by atoms with Gasteiger partial charge in [0.05, 0.1) is 24.0 Å². The SMILES string of the molecule is CCOC(=O)c1nc(N2CCN(c3nc(C(=O)OCC)nc4sc5c(c34)CCCC5)CC2)c2c3c(sc2n1)CCCC3. The number of hydrogen-bond donors (Lipinski definition) is 0. The van der Waals surface area contributed by atoms with Crippen molar-refractivity contribution in [3.63, 3.8) is 0 Å². The van der Waals surface area contributed by atoms with Gasteiger partial charge in [0.15, 0.2) is 0 Å². The smallest absolute Gasteiger partial charge is 0.376 e. The molecule has 5 heterocycles. The standard InChI is InChI=1S/C30H34N6O4S2/c1-3-39-29(37)23-31-25(21-17-9-5-7-11-19(17)41-27(21)33-23)35-13-15-36(16-14-35)26-22-18-10-6-8-12-20(18)42-28(22)34-24(32-26)30(38)40-4-2/h3-16H2,1-2H3. The Morgan fingerprint density at radius 2 is 1.05 bits per heavy atom. The summed E-state index contributed by atoms with van der Waals surface area (Å²) in [5.74, 6) is 0.944. The first-order valence-electron chi connectivity index (χ1n) is 15.0. The van der Waals surface area contributed by atoms with Crippen LogP contribution in [0.25, 0.3) is 20.4 Å². The second-order valence-corrected chi connectivity index (χ2v) is 13.1. The fourth-order valence-electron chi connectivity index (χ4n) is 6.44. The van der Waals surface area contributed by atoms with E-state index in [0.29, 0.717) is 26.2 Å². The van der Waals surface area contributed by atoms with Crippen LogP contribution in [0, 0.1) is 0 Å². The summed E-state index contributed by atoms with van der Waals surface area (Å²) in [5, 5.41) is 2.19. The van der Waals surface area contributed by atoms with Gasteiger partial charge in [-0.25, -0.2) is 29.5 Å². The van der Waals surface area contributed by atoms with Gasteiger partial charge in [0, 0.05) is 35.9 Å². The number of ether oxygens (including phenoxy) is 2. The zero-order valence-corrected chi connectivity index (χ0v) is 25.7. The lowest BCUT2D eigenvalue weighted by atomic mass is 9.96. The average molecular weight is 607 g/mol. The topological polar surface area (TPSA) is 111 Å². The van der Waals surface area contributed by atoms with Gasteiger partial charge in [0.1, 0.15) is 21.3 Å². The van der Waals surface area contributed by atoms with E-state index in [1.54, 1.807) is 36.5 Å². The van der Waals surface area contributed by atoms with Crippen molar-refractivity contribution in [2.24, 2.45) is 0 Å². The first kappa shape index (κ1) is 27.5. The van der Waals surface area contributed by atoms with Crippen molar-refractivity contribution < 1.29 is 19.1 Å². The van der Waals surface area contributed by atoms with E-state index in [9.17, 15) is 9.59 Å². The van der Waals surface area contributed by atoms with Crippen LogP contribution in [-0.4, -0.2) is 71.3 Å². The predicted octanol–water partition coefficient (Wildman–Crippen LogP) is 5.13. The molecule has 4 aromatic rings. The number of fused-ring (bicyclic) bond motifs is 6. The third-order valence-corrected chi connectivity index (χ3v) is 10.8. The molecule has 220 valence electrons. The second-order valence-electron chi connectivity index (χ2n) is 10.9. The molecule has 7 rings (SSSR count). The number of anilines is 2. The predicted molar refractivity (Wildman–Crippen MR) is 164 cm³/mol. The van der Waals surface area contributed by atoms with E-state index < -0.39 is 11.9 Å². The van der Waals surface area contributed by atoms with E-state index in [0.717, 1.165) is 70.6 Å². The largest absolute Gasteiger partial charge is 0.460 e. The molecule has 0 saturated carbocycles. The van der Waals surface area contributed by atoms with Gasteiger partial charge in [-0.3, -0.25) is 0 Å². The fraction of sp³-hybridized carbons (Fsp3) is 0.533. The highest BCUT2D eigenvalue weighted by atomic mass is 32.1. The number of thiophene rings is 2. The van der Waals surface area contributed by atoms with Gasteiger partial charge in [-0.1, -0.05) is 0 Å².